The van der Waals surface area contributed by atoms with Gasteiger partial charge in [0.2, 0.25) is 0 Å². The second-order valence-corrected chi connectivity index (χ2v) is 4.98. The number of nitro groups is 1. The number of nitrogens with two attached hydrogens (primary N) is 1. The van der Waals surface area contributed by atoms with Gasteiger partial charge in [-0.3, -0.25) is 14.9 Å². The number of carbonyl (C=O) groups is 1. The van der Waals surface area contributed by atoms with Crippen LogP contribution in [0, 0.1) is 10.1 Å². The Kier molecular flexibility index (Phi) is 6.58. The lowest BCUT2D eigenvalue weighted by Gasteiger charge is -2.17. The molecule has 0 bridgehead atoms. The molecule has 0 aromatic carbocycles. The molecule has 21 heavy (non-hydrogen) atoms. The molecular formula is C14H22N4O3. The molecule has 7 nitrogen and oxygen atoms in total. The zero-order chi connectivity index (χ0) is 15.8. The van der Waals surface area contributed by atoms with Gasteiger partial charge in [-0.25, -0.2) is 4.98 Å². The number of carbonyl (C=O) groups excluding carboxylic acids is 1. The normalized spacial score (nSPS) is 11.9. The van der Waals surface area contributed by atoms with Crippen molar-refractivity contribution in [3.8, 4) is 0 Å². The zero-order valence-electron chi connectivity index (χ0n) is 12.5. The highest BCUT2D eigenvalue weighted by Crippen LogP contribution is 2.19. The van der Waals surface area contributed by atoms with Crippen molar-refractivity contribution in [1.29, 1.82) is 0 Å². The number of nitrogens with zero attached hydrogens (tertiary/aromatic N) is 2. The van der Waals surface area contributed by atoms with E-state index in [1.165, 1.54) is 6.07 Å². The van der Waals surface area contributed by atoms with Crippen molar-refractivity contribution in [1.82, 2.24) is 10.3 Å². The SMILES string of the molecule is CCCCC(CCC)NC(=O)c1cc(N)ncc1[N+](=O)[O-]. The molecule has 3 N–H and O–H groups in total. The smallest absolute Gasteiger partial charge is 0.300 e. The van der Waals surface area contributed by atoms with Gasteiger partial charge in [0.15, 0.2) is 0 Å². The molecule has 0 saturated heterocycles. The van der Waals surface area contributed by atoms with E-state index >= 15 is 0 Å². The molecule has 1 rings (SSSR count). The minimum atomic E-state index is -0.623. The largest absolute Gasteiger partial charge is 0.384 e. The number of hydrogen-bond acceptors (Lipinski definition) is 5. The summed E-state index contributed by atoms with van der Waals surface area (Å²) in [5.41, 5.74) is 5.16. The Morgan fingerprint density at radius 2 is 2.14 bits per heavy atom. The molecule has 0 aliphatic carbocycles. The van der Waals surface area contributed by atoms with Crippen LogP contribution < -0.4 is 11.1 Å². The summed E-state index contributed by atoms with van der Waals surface area (Å²) in [6, 6.07) is 1.27. The van der Waals surface area contributed by atoms with Crippen LogP contribution in [0.3, 0.4) is 0 Å². The second kappa shape index (κ2) is 8.18. The van der Waals surface area contributed by atoms with Crippen molar-refractivity contribution in [2.24, 2.45) is 0 Å². The van der Waals surface area contributed by atoms with Crippen LogP contribution in [-0.4, -0.2) is 21.9 Å². The van der Waals surface area contributed by atoms with Crippen LogP contribution >= 0.6 is 0 Å². The van der Waals surface area contributed by atoms with E-state index in [1.54, 1.807) is 0 Å². The first kappa shape index (κ1) is 16.9. The fraction of sp³-hybridized carbons (Fsp3) is 0.571. The van der Waals surface area contributed by atoms with Gasteiger partial charge in [-0.05, 0) is 18.9 Å². The van der Waals surface area contributed by atoms with Crippen molar-refractivity contribution >= 4 is 17.4 Å². The highest BCUT2D eigenvalue weighted by Gasteiger charge is 2.23. The van der Waals surface area contributed by atoms with Crippen molar-refractivity contribution in [2.75, 3.05) is 5.73 Å². The lowest BCUT2D eigenvalue weighted by atomic mass is 10.0. The number of rotatable bonds is 8. The van der Waals surface area contributed by atoms with Gasteiger partial charge in [0.05, 0.1) is 4.92 Å². The van der Waals surface area contributed by atoms with Crippen LogP contribution in [0.5, 0.6) is 0 Å². The quantitative estimate of drug-likeness (QED) is 0.565. The molecule has 0 radical (unpaired) electrons. The Morgan fingerprint density at radius 3 is 2.71 bits per heavy atom. The first-order chi connectivity index (χ1) is 9.99. The molecule has 116 valence electrons. The predicted octanol–water partition coefficient (Wildman–Crippen LogP) is 2.66. The van der Waals surface area contributed by atoms with Gasteiger partial charge >= 0.3 is 0 Å². The number of anilines is 1. The van der Waals surface area contributed by atoms with Crippen molar-refractivity contribution in [3.05, 3.63) is 27.9 Å². The summed E-state index contributed by atoms with van der Waals surface area (Å²) in [7, 11) is 0. The number of aromatic nitrogens is 1. The Labute approximate surface area is 124 Å². The summed E-state index contributed by atoms with van der Waals surface area (Å²) in [6.07, 6.45) is 5.72. The lowest BCUT2D eigenvalue weighted by molar-refractivity contribution is -0.385. The van der Waals surface area contributed by atoms with Gasteiger partial charge < -0.3 is 11.1 Å². The van der Waals surface area contributed by atoms with Crippen LogP contribution in [-0.2, 0) is 0 Å². The van der Waals surface area contributed by atoms with Crippen molar-refractivity contribution in [2.45, 2.75) is 52.0 Å². The van der Waals surface area contributed by atoms with E-state index in [-0.39, 0.29) is 23.1 Å². The fourth-order valence-electron chi connectivity index (χ4n) is 2.14. The molecule has 1 atom stereocenters. The molecular weight excluding hydrogens is 272 g/mol. The van der Waals surface area contributed by atoms with Gasteiger partial charge in [-0.15, -0.1) is 0 Å². The molecule has 0 saturated carbocycles. The minimum absolute atomic E-state index is 0.0245. The fourth-order valence-corrected chi connectivity index (χ4v) is 2.14. The van der Waals surface area contributed by atoms with Crippen LogP contribution in [0.25, 0.3) is 0 Å². The van der Waals surface area contributed by atoms with E-state index in [9.17, 15) is 14.9 Å². The summed E-state index contributed by atoms with van der Waals surface area (Å²) < 4.78 is 0. The standard InChI is InChI=1S/C14H22N4O3/c1-3-5-7-10(6-4-2)17-14(19)11-8-13(15)16-9-12(11)18(20)21/h8-10H,3-7H2,1-2H3,(H2,15,16)(H,17,19). The van der Waals surface area contributed by atoms with Gasteiger partial charge in [-0.1, -0.05) is 33.1 Å². The molecule has 1 unspecified atom stereocenters. The first-order valence-electron chi connectivity index (χ1n) is 7.20. The summed E-state index contributed by atoms with van der Waals surface area (Å²) in [4.78, 5) is 26.3. The average molecular weight is 294 g/mol. The van der Waals surface area contributed by atoms with Crippen LogP contribution in [0.15, 0.2) is 12.3 Å². The molecule has 1 aromatic rings. The van der Waals surface area contributed by atoms with E-state index in [4.69, 9.17) is 5.73 Å². The topological polar surface area (TPSA) is 111 Å². The number of pyridine rings is 1. The highest BCUT2D eigenvalue weighted by atomic mass is 16.6. The van der Waals surface area contributed by atoms with E-state index < -0.39 is 10.8 Å². The zero-order valence-corrected chi connectivity index (χ0v) is 12.5. The molecule has 1 heterocycles. The van der Waals surface area contributed by atoms with Crippen LogP contribution in [0.2, 0.25) is 0 Å². The third-order valence-corrected chi connectivity index (χ3v) is 3.22. The third-order valence-electron chi connectivity index (χ3n) is 3.22. The summed E-state index contributed by atoms with van der Waals surface area (Å²) in [5, 5.41) is 13.8. The second-order valence-electron chi connectivity index (χ2n) is 4.98. The van der Waals surface area contributed by atoms with Crippen molar-refractivity contribution < 1.29 is 9.72 Å². The molecule has 1 amide bonds. The first-order valence-corrected chi connectivity index (χ1v) is 7.20. The van der Waals surface area contributed by atoms with Gasteiger partial charge in [0.25, 0.3) is 11.6 Å². The number of amides is 1. The Morgan fingerprint density at radius 1 is 1.43 bits per heavy atom. The lowest BCUT2D eigenvalue weighted by Crippen LogP contribution is -2.35. The molecule has 0 spiro atoms. The van der Waals surface area contributed by atoms with Gasteiger partial charge in [0.1, 0.15) is 17.6 Å². The van der Waals surface area contributed by atoms with Gasteiger partial charge in [-0.2, -0.15) is 0 Å². The van der Waals surface area contributed by atoms with E-state index in [2.05, 4.69) is 17.2 Å². The number of nitrogen functional groups attached to an aromatic ring is 1. The molecule has 0 aliphatic heterocycles. The Balaban J connectivity index is 2.90. The Bertz CT molecular complexity index is 505. The maximum Gasteiger partial charge on any atom is 0.300 e. The Hall–Kier alpha value is -2.18. The molecule has 1 aromatic heterocycles. The average Bonchev–Trinajstić information content (AvgIpc) is 2.44. The summed E-state index contributed by atoms with van der Waals surface area (Å²) in [6.45, 7) is 4.12. The maximum atomic E-state index is 12.3. The monoisotopic (exact) mass is 294 g/mol. The third kappa shape index (κ3) is 5.02. The number of nitrogens with one attached hydrogen (secondary N) is 1. The van der Waals surface area contributed by atoms with Crippen molar-refractivity contribution in [3.63, 3.8) is 0 Å². The molecule has 7 heteroatoms. The minimum Gasteiger partial charge on any atom is -0.384 e. The van der Waals surface area contributed by atoms with Crippen LogP contribution in [0.1, 0.15) is 56.3 Å². The number of unbranched alkanes of at least 4 members (excludes halogenated alkanes) is 1. The van der Waals surface area contributed by atoms with E-state index in [0.29, 0.717) is 0 Å². The van der Waals surface area contributed by atoms with E-state index in [1.807, 2.05) is 6.92 Å². The molecule has 0 fully saturated rings. The van der Waals surface area contributed by atoms with E-state index in [0.717, 1.165) is 38.3 Å². The molecule has 0 aliphatic rings. The van der Waals surface area contributed by atoms with Gasteiger partial charge in [0, 0.05) is 6.04 Å². The maximum absolute atomic E-state index is 12.3. The number of hydrogen-bond donors (Lipinski definition) is 2. The van der Waals surface area contributed by atoms with Crippen LogP contribution in [0.4, 0.5) is 11.5 Å². The predicted molar refractivity (Wildman–Crippen MR) is 81.0 cm³/mol. The summed E-state index contributed by atoms with van der Waals surface area (Å²) in [5.74, 6) is -0.378. The summed E-state index contributed by atoms with van der Waals surface area (Å²) >= 11 is 0. The highest BCUT2D eigenvalue weighted by molar-refractivity contribution is 5.98.